The van der Waals surface area contributed by atoms with Crippen LogP contribution in [0.3, 0.4) is 0 Å². The van der Waals surface area contributed by atoms with Gasteiger partial charge in [-0.25, -0.2) is 9.78 Å². The Hall–Kier alpha value is -1.89. The first-order chi connectivity index (χ1) is 12.5. The predicted octanol–water partition coefficient (Wildman–Crippen LogP) is 3.24. The summed E-state index contributed by atoms with van der Waals surface area (Å²) in [6, 6.07) is -0.348. The first-order valence-corrected chi connectivity index (χ1v) is 9.67. The summed E-state index contributed by atoms with van der Waals surface area (Å²) in [6.45, 7) is 11.9. The van der Waals surface area contributed by atoms with Gasteiger partial charge in [0, 0.05) is 25.6 Å². The van der Waals surface area contributed by atoms with Crippen LogP contribution in [0.5, 0.6) is 0 Å². The van der Waals surface area contributed by atoms with Gasteiger partial charge >= 0.3 is 6.03 Å². The quantitative estimate of drug-likeness (QED) is 0.708. The molecule has 7 nitrogen and oxygen atoms in total. The number of aryl methyl sites for hydroxylation is 1. The number of hydrogen-bond acceptors (Lipinski definition) is 4. The molecule has 2 atom stereocenters. The third-order valence-electron chi connectivity index (χ3n) is 5.33. The van der Waals surface area contributed by atoms with Crippen LogP contribution >= 0.6 is 0 Å². The molecule has 1 aromatic rings. The van der Waals surface area contributed by atoms with Crippen molar-refractivity contribution in [1.82, 2.24) is 15.3 Å². The van der Waals surface area contributed by atoms with Crippen molar-refractivity contribution in [1.29, 1.82) is 0 Å². The summed E-state index contributed by atoms with van der Waals surface area (Å²) in [4.78, 5) is 31.4. The zero-order valence-corrected chi connectivity index (χ0v) is 17.5. The van der Waals surface area contributed by atoms with Crippen LogP contribution in [0.15, 0.2) is 4.79 Å². The maximum absolute atomic E-state index is 12.3. The van der Waals surface area contributed by atoms with Crippen molar-refractivity contribution in [3.63, 3.8) is 0 Å². The van der Waals surface area contributed by atoms with Crippen molar-refractivity contribution in [3.05, 3.63) is 21.6 Å². The van der Waals surface area contributed by atoms with E-state index in [1.54, 1.807) is 14.0 Å². The van der Waals surface area contributed by atoms with E-state index in [1.165, 1.54) is 6.42 Å². The lowest BCUT2D eigenvalue weighted by Gasteiger charge is -2.46. The Balaban J connectivity index is 1.97. The van der Waals surface area contributed by atoms with Crippen LogP contribution < -0.4 is 16.2 Å². The number of anilines is 1. The number of ether oxygens (including phenoxy) is 1. The van der Waals surface area contributed by atoms with Crippen molar-refractivity contribution < 1.29 is 9.53 Å². The number of H-pyrrole nitrogens is 1. The normalized spacial score (nSPS) is 24.4. The Morgan fingerprint density at radius 1 is 1.33 bits per heavy atom. The second kappa shape index (κ2) is 8.42. The zero-order chi connectivity index (χ0) is 20.2. The third-order valence-corrected chi connectivity index (χ3v) is 5.33. The first kappa shape index (κ1) is 21.4. The van der Waals surface area contributed by atoms with Gasteiger partial charge in [0.1, 0.15) is 0 Å². The highest BCUT2D eigenvalue weighted by Gasteiger charge is 2.39. The summed E-state index contributed by atoms with van der Waals surface area (Å²) in [6.07, 6.45) is 3.88. The standard InChI is InChI=1S/C20H34N4O3/c1-13-9-19(3,4)11-20(5,10-13)12-21-18(26)24-17-22-14(2)15(7-8-27-6)16(25)23-17/h13H,7-12H2,1-6H3,(H3,21,22,23,24,25,26). The molecule has 7 heteroatoms. The van der Waals surface area contributed by atoms with Gasteiger partial charge in [0.15, 0.2) is 0 Å². The lowest BCUT2D eigenvalue weighted by molar-refractivity contribution is 0.0629. The molecule has 152 valence electrons. The molecule has 1 aliphatic rings. The molecule has 0 aliphatic heterocycles. The highest BCUT2D eigenvalue weighted by atomic mass is 16.5. The van der Waals surface area contributed by atoms with Gasteiger partial charge in [-0.05, 0) is 42.9 Å². The molecule has 1 aliphatic carbocycles. The summed E-state index contributed by atoms with van der Waals surface area (Å²) >= 11 is 0. The van der Waals surface area contributed by atoms with Crippen LogP contribution in [-0.4, -0.2) is 36.3 Å². The van der Waals surface area contributed by atoms with Crippen molar-refractivity contribution in [2.45, 2.75) is 60.3 Å². The van der Waals surface area contributed by atoms with E-state index in [0.29, 0.717) is 36.7 Å². The average Bonchev–Trinajstić information content (AvgIpc) is 2.50. The SMILES string of the molecule is COCCc1c(C)nc(NC(=O)NCC2(C)CC(C)CC(C)(C)C2)[nH]c1=O. The molecule has 0 radical (unpaired) electrons. The summed E-state index contributed by atoms with van der Waals surface area (Å²) in [5.41, 5.74) is 1.28. The van der Waals surface area contributed by atoms with E-state index in [2.05, 4.69) is 48.3 Å². The van der Waals surface area contributed by atoms with Crippen molar-refractivity contribution >= 4 is 12.0 Å². The number of hydrogen-bond donors (Lipinski definition) is 3. The summed E-state index contributed by atoms with van der Waals surface area (Å²) in [5.74, 6) is 0.808. The Labute approximate surface area is 161 Å². The minimum absolute atomic E-state index is 0.0687. The Kier molecular flexibility index (Phi) is 6.68. The molecule has 1 saturated carbocycles. The zero-order valence-electron chi connectivity index (χ0n) is 17.5. The monoisotopic (exact) mass is 378 g/mol. The number of nitrogens with one attached hydrogen (secondary N) is 3. The van der Waals surface area contributed by atoms with Crippen molar-refractivity contribution in [2.75, 3.05) is 25.6 Å². The fourth-order valence-corrected chi connectivity index (χ4v) is 4.90. The Bertz CT molecular complexity index is 728. The minimum atomic E-state index is -0.348. The number of urea groups is 1. The molecule has 2 rings (SSSR count). The van der Waals surface area contributed by atoms with Crippen LogP contribution in [0, 0.1) is 23.7 Å². The van der Waals surface area contributed by atoms with Gasteiger partial charge in [-0.15, -0.1) is 0 Å². The molecule has 27 heavy (non-hydrogen) atoms. The summed E-state index contributed by atoms with van der Waals surface area (Å²) < 4.78 is 5.01. The van der Waals surface area contributed by atoms with Gasteiger partial charge < -0.3 is 10.1 Å². The third kappa shape index (κ3) is 6.06. The molecule has 0 spiro atoms. The van der Waals surface area contributed by atoms with E-state index >= 15 is 0 Å². The fourth-order valence-electron chi connectivity index (χ4n) is 4.90. The molecular weight excluding hydrogens is 344 g/mol. The van der Waals surface area contributed by atoms with Crippen LogP contribution in [-0.2, 0) is 11.2 Å². The van der Waals surface area contributed by atoms with Gasteiger partial charge in [-0.3, -0.25) is 15.1 Å². The van der Waals surface area contributed by atoms with Crippen LogP contribution in [0.4, 0.5) is 10.7 Å². The topological polar surface area (TPSA) is 96.1 Å². The highest BCUT2D eigenvalue weighted by Crippen LogP contribution is 2.48. The van der Waals surface area contributed by atoms with Gasteiger partial charge in [-0.1, -0.05) is 27.7 Å². The summed E-state index contributed by atoms with van der Waals surface area (Å²) in [5, 5.41) is 5.60. The Morgan fingerprint density at radius 2 is 2.04 bits per heavy atom. The number of carbonyl (C=O) groups is 1. The molecule has 3 N–H and O–H groups in total. The van der Waals surface area contributed by atoms with Crippen LogP contribution in [0.1, 0.15) is 58.2 Å². The molecule has 0 saturated heterocycles. The lowest BCUT2D eigenvalue weighted by Crippen LogP contribution is -2.44. The fraction of sp³-hybridized carbons (Fsp3) is 0.750. The summed E-state index contributed by atoms with van der Waals surface area (Å²) in [7, 11) is 1.59. The maximum atomic E-state index is 12.3. The highest BCUT2D eigenvalue weighted by molar-refractivity contribution is 5.87. The molecule has 0 aromatic carbocycles. The molecule has 1 fully saturated rings. The molecule has 1 heterocycles. The second-order valence-electron chi connectivity index (χ2n) is 9.19. The van der Waals surface area contributed by atoms with E-state index in [9.17, 15) is 9.59 Å². The van der Waals surface area contributed by atoms with Gasteiger partial charge in [0.05, 0.1) is 12.3 Å². The largest absolute Gasteiger partial charge is 0.384 e. The Morgan fingerprint density at radius 3 is 2.63 bits per heavy atom. The molecule has 2 amide bonds. The molecule has 0 bridgehead atoms. The number of rotatable bonds is 6. The predicted molar refractivity (Wildman–Crippen MR) is 107 cm³/mol. The van der Waals surface area contributed by atoms with Gasteiger partial charge in [-0.2, -0.15) is 0 Å². The van der Waals surface area contributed by atoms with Crippen LogP contribution in [0.25, 0.3) is 0 Å². The van der Waals surface area contributed by atoms with Gasteiger partial charge in [0.2, 0.25) is 5.95 Å². The van der Waals surface area contributed by atoms with Crippen molar-refractivity contribution in [3.8, 4) is 0 Å². The van der Waals surface area contributed by atoms with E-state index in [1.807, 2.05) is 0 Å². The van der Waals surface area contributed by atoms with E-state index in [0.717, 1.165) is 12.8 Å². The second-order valence-corrected chi connectivity index (χ2v) is 9.19. The van der Waals surface area contributed by atoms with Crippen molar-refractivity contribution in [2.24, 2.45) is 16.7 Å². The molecular formula is C20H34N4O3. The number of aromatic amines is 1. The smallest absolute Gasteiger partial charge is 0.321 e. The van der Waals surface area contributed by atoms with Crippen LogP contribution in [0.2, 0.25) is 0 Å². The van der Waals surface area contributed by atoms with E-state index in [-0.39, 0.29) is 28.4 Å². The number of carbonyl (C=O) groups excluding carboxylic acids is 1. The first-order valence-electron chi connectivity index (χ1n) is 9.67. The number of aromatic nitrogens is 2. The number of amides is 2. The molecule has 2 unspecified atom stereocenters. The average molecular weight is 379 g/mol. The lowest BCUT2D eigenvalue weighted by atomic mass is 9.61. The van der Waals surface area contributed by atoms with E-state index < -0.39 is 0 Å². The number of methoxy groups -OCH3 is 1. The number of nitrogens with zero attached hydrogens (tertiary/aromatic N) is 1. The maximum Gasteiger partial charge on any atom is 0.321 e. The molecule has 1 aromatic heterocycles. The van der Waals surface area contributed by atoms with Gasteiger partial charge in [0.25, 0.3) is 5.56 Å². The minimum Gasteiger partial charge on any atom is -0.384 e. The van der Waals surface area contributed by atoms with E-state index in [4.69, 9.17) is 4.74 Å².